The highest BCUT2D eigenvalue weighted by molar-refractivity contribution is 5.95. The Hall–Kier alpha value is -3.93. The minimum atomic E-state index is -0.185. The first-order valence-electron chi connectivity index (χ1n) is 9.06. The Morgan fingerprint density at radius 2 is 1.83 bits per heavy atom. The first-order chi connectivity index (χ1) is 14.1. The molecule has 0 aliphatic heterocycles. The summed E-state index contributed by atoms with van der Waals surface area (Å²) in [6.07, 6.45) is 3.13. The van der Waals surface area contributed by atoms with Gasteiger partial charge in [-0.3, -0.25) is 9.59 Å². The molecule has 0 aliphatic carbocycles. The number of rotatable bonds is 6. The van der Waals surface area contributed by atoms with Crippen LogP contribution in [0.3, 0.4) is 0 Å². The van der Waals surface area contributed by atoms with E-state index in [2.05, 4.69) is 4.98 Å². The third-order valence-corrected chi connectivity index (χ3v) is 4.36. The van der Waals surface area contributed by atoms with Gasteiger partial charge in [0.25, 0.3) is 0 Å². The monoisotopic (exact) mass is 386 g/mol. The molecule has 4 aromatic rings. The Morgan fingerprint density at radius 1 is 1.03 bits per heavy atom. The molecule has 0 bridgehead atoms. The fraction of sp³-hybridized carbons (Fsp3) is 0.0870. The zero-order valence-corrected chi connectivity index (χ0v) is 15.7. The lowest BCUT2D eigenvalue weighted by molar-refractivity contribution is 0.0988. The smallest absolute Gasteiger partial charge is 0.250 e. The fourth-order valence-electron chi connectivity index (χ4n) is 2.88. The molecule has 2 aromatic carbocycles. The summed E-state index contributed by atoms with van der Waals surface area (Å²) in [6.45, 7) is 0. The van der Waals surface area contributed by atoms with E-state index in [0.717, 1.165) is 11.3 Å². The van der Waals surface area contributed by atoms with Gasteiger partial charge in [-0.25, -0.2) is 4.98 Å². The van der Waals surface area contributed by atoms with E-state index in [1.807, 2.05) is 48.5 Å². The molecule has 2 heterocycles. The summed E-state index contributed by atoms with van der Waals surface area (Å²) in [5.74, 6) is 1.53. The van der Waals surface area contributed by atoms with Gasteiger partial charge in [-0.05, 0) is 35.9 Å². The maximum Gasteiger partial charge on any atom is 0.250 e. The van der Waals surface area contributed by atoms with E-state index >= 15 is 0 Å². The van der Waals surface area contributed by atoms with Gasteiger partial charge < -0.3 is 13.7 Å². The summed E-state index contributed by atoms with van der Waals surface area (Å²) >= 11 is 0. The molecule has 0 fully saturated rings. The topological polar surface area (TPSA) is 74.3 Å². The number of ether oxygens (including phenoxy) is 1. The second-order valence-electron chi connectivity index (χ2n) is 6.57. The summed E-state index contributed by atoms with van der Waals surface area (Å²) in [5.41, 5.74) is 1.56. The highest BCUT2D eigenvalue weighted by Crippen LogP contribution is 2.27. The maximum absolute atomic E-state index is 12.5. The molecule has 144 valence electrons. The van der Waals surface area contributed by atoms with Crippen LogP contribution in [0.1, 0.15) is 16.1 Å². The number of aromatic nitrogens is 2. The second kappa shape index (κ2) is 7.98. The lowest BCUT2D eigenvalue weighted by atomic mass is 10.1. The van der Waals surface area contributed by atoms with Gasteiger partial charge in [0.05, 0.1) is 0 Å². The van der Waals surface area contributed by atoms with Crippen molar-refractivity contribution in [2.75, 3.05) is 0 Å². The molecule has 0 radical (unpaired) electrons. The second-order valence-corrected chi connectivity index (χ2v) is 6.57. The van der Waals surface area contributed by atoms with Crippen molar-refractivity contribution in [2.45, 2.75) is 6.42 Å². The normalized spacial score (nSPS) is 10.7. The van der Waals surface area contributed by atoms with Gasteiger partial charge in [0.2, 0.25) is 11.4 Å². The third kappa shape index (κ3) is 4.32. The van der Waals surface area contributed by atoms with Gasteiger partial charge in [0, 0.05) is 31.3 Å². The van der Waals surface area contributed by atoms with Gasteiger partial charge in [-0.1, -0.05) is 30.3 Å². The molecule has 6 nitrogen and oxygen atoms in total. The number of hydrogen-bond acceptors (Lipinski definition) is 5. The lowest BCUT2D eigenvalue weighted by Crippen LogP contribution is -2.16. The largest absolute Gasteiger partial charge is 0.457 e. The number of pyridine rings is 1. The zero-order chi connectivity index (χ0) is 20.2. The Balaban J connectivity index is 1.51. The Bertz CT molecular complexity index is 1210. The van der Waals surface area contributed by atoms with Gasteiger partial charge in [0.1, 0.15) is 23.5 Å². The molecule has 6 heteroatoms. The molecule has 0 saturated carbocycles. The van der Waals surface area contributed by atoms with Crippen LogP contribution in [0.2, 0.25) is 0 Å². The average Bonchev–Trinajstić information content (AvgIpc) is 3.22. The number of carbonyl (C=O) groups excluding carboxylic acids is 1. The van der Waals surface area contributed by atoms with Crippen molar-refractivity contribution in [1.29, 1.82) is 0 Å². The van der Waals surface area contributed by atoms with E-state index in [9.17, 15) is 9.59 Å². The molecule has 0 spiro atoms. The van der Waals surface area contributed by atoms with Crippen LogP contribution in [0.5, 0.6) is 11.5 Å². The number of nitrogens with zero attached hydrogens (tertiary/aromatic N) is 2. The van der Waals surface area contributed by atoms with Crippen molar-refractivity contribution in [1.82, 2.24) is 9.55 Å². The molecule has 0 unspecified atom stereocenters. The van der Waals surface area contributed by atoms with Crippen molar-refractivity contribution >= 4 is 5.78 Å². The number of para-hydroxylation sites is 1. The van der Waals surface area contributed by atoms with Crippen LogP contribution in [-0.2, 0) is 13.5 Å². The molecule has 0 amide bonds. The number of carbonyl (C=O) groups is 1. The number of benzene rings is 2. The summed E-state index contributed by atoms with van der Waals surface area (Å²) < 4.78 is 12.8. The van der Waals surface area contributed by atoms with E-state index in [1.165, 1.54) is 16.9 Å². The standard InChI is InChI=1S/C23H18N2O4/c1-25-14-16(10-11-22(25)27)12-21(26)20-15-28-23(24-20)17-6-5-9-19(13-17)29-18-7-3-2-4-8-18/h2-11,13-15H,12H2,1H3. The van der Waals surface area contributed by atoms with Gasteiger partial charge in [-0.2, -0.15) is 0 Å². The van der Waals surface area contributed by atoms with Crippen LogP contribution < -0.4 is 10.3 Å². The van der Waals surface area contributed by atoms with Crippen molar-refractivity contribution in [3.8, 4) is 23.0 Å². The number of ketones is 1. The number of Topliss-reactive ketones (excluding diaryl/α,β-unsaturated/α-hetero) is 1. The fourth-order valence-corrected chi connectivity index (χ4v) is 2.88. The van der Waals surface area contributed by atoms with E-state index in [1.54, 1.807) is 25.4 Å². The van der Waals surface area contributed by atoms with E-state index in [4.69, 9.17) is 9.15 Å². The number of oxazole rings is 1. The molecule has 0 atom stereocenters. The van der Waals surface area contributed by atoms with Crippen molar-refractivity contribution in [2.24, 2.45) is 7.05 Å². The molecule has 29 heavy (non-hydrogen) atoms. The van der Waals surface area contributed by atoms with Crippen LogP contribution in [0.4, 0.5) is 0 Å². The molecule has 0 aliphatic rings. The SMILES string of the molecule is Cn1cc(CC(=O)c2coc(-c3cccc(Oc4ccccc4)c3)n2)ccc1=O. The Labute approximate surface area is 167 Å². The highest BCUT2D eigenvalue weighted by atomic mass is 16.5. The van der Waals surface area contributed by atoms with Crippen LogP contribution in [0.25, 0.3) is 11.5 Å². The molecular weight excluding hydrogens is 368 g/mol. The summed E-state index contributed by atoms with van der Waals surface area (Å²) in [5, 5.41) is 0. The predicted molar refractivity (Wildman–Crippen MR) is 108 cm³/mol. The van der Waals surface area contributed by atoms with Gasteiger partial charge in [0.15, 0.2) is 5.78 Å². The summed E-state index contributed by atoms with van der Waals surface area (Å²) in [7, 11) is 1.65. The quantitative estimate of drug-likeness (QED) is 0.463. The first-order valence-corrected chi connectivity index (χ1v) is 9.06. The Kier molecular flexibility index (Phi) is 5.07. The minimum absolute atomic E-state index is 0.123. The van der Waals surface area contributed by atoms with Crippen molar-refractivity contribution in [3.63, 3.8) is 0 Å². The summed E-state index contributed by atoms with van der Waals surface area (Å²) in [6, 6.07) is 19.9. The van der Waals surface area contributed by atoms with Crippen molar-refractivity contribution < 1.29 is 13.9 Å². The highest BCUT2D eigenvalue weighted by Gasteiger charge is 2.15. The zero-order valence-electron chi connectivity index (χ0n) is 15.7. The van der Waals surface area contributed by atoms with Crippen LogP contribution in [-0.4, -0.2) is 15.3 Å². The van der Waals surface area contributed by atoms with Gasteiger partial charge >= 0.3 is 0 Å². The van der Waals surface area contributed by atoms with Crippen LogP contribution in [0.15, 0.2) is 88.4 Å². The molecular formula is C23H18N2O4. The number of aryl methyl sites for hydroxylation is 1. The van der Waals surface area contributed by atoms with E-state index < -0.39 is 0 Å². The Morgan fingerprint density at radius 3 is 2.62 bits per heavy atom. The number of hydrogen-bond donors (Lipinski definition) is 0. The van der Waals surface area contributed by atoms with Crippen molar-refractivity contribution in [3.05, 3.63) is 101 Å². The first kappa shape index (κ1) is 18.4. The summed E-state index contributed by atoms with van der Waals surface area (Å²) in [4.78, 5) is 28.3. The molecule has 2 aromatic heterocycles. The average molecular weight is 386 g/mol. The molecule has 4 rings (SSSR count). The van der Waals surface area contributed by atoms with Crippen LogP contribution >= 0.6 is 0 Å². The minimum Gasteiger partial charge on any atom is -0.457 e. The lowest BCUT2D eigenvalue weighted by Gasteiger charge is -2.06. The molecule has 0 saturated heterocycles. The van der Waals surface area contributed by atoms with E-state index in [0.29, 0.717) is 17.2 Å². The predicted octanol–water partition coefficient (Wildman–Crippen LogP) is 4.26. The van der Waals surface area contributed by atoms with E-state index in [-0.39, 0.29) is 23.5 Å². The van der Waals surface area contributed by atoms with Gasteiger partial charge in [-0.15, -0.1) is 0 Å². The molecule has 0 N–H and O–H groups in total. The third-order valence-electron chi connectivity index (χ3n) is 4.36. The van der Waals surface area contributed by atoms with Crippen LogP contribution in [0, 0.1) is 0 Å². The maximum atomic E-state index is 12.5.